The van der Waals surface area contributed by atoms with Crippen molar-refractivity contribution in [2.45, 2.75) is 44.8 Å². The van der Waals surface area contributed by atoms with Crippen LogP contribution in [0.15, 0.2) is 0 Å². The number of hydrogen-bond acceptors (Lipinski definition) is 3. The standard InChI is InChI=1S/C10H20N2O2/c1-3-4-8(11)9(13)12-6-5-10(2,14)7-12/h8,14H,3-7,11H2,1-2H3. The van der Waals surface area contributed by atoms with Crippen LogP contribution >= 0.6 is 0 Å². The Morgan fingerprint density at radius 1 is 1.71 bits per heavy atom. The molecule has 2 atom stereocenters. The number of β-amino-alcohol motifs (C(OH)–C–C–N with tert-alkyl or cyclic N) is 1. The molecule has 1 heterocycles. The highest BCUT2D eigenvalue weighted by Gasteiger charge is 2.35. The van der Waals surface area contributed by atoms with E-state index in [0.717, 1.165) is 12.8 Å². The number of nitrogens with two attached hydrogens (primary N) is 1. The summed E-state index contributed by atoms with van der Waals surface area (Å²) in [5.74, 6) is -0.0235. The summed E-state index contributed by atoms with van der Waals surface area (Å²) < 4.78 is 0. The first-order valence-corrected chi connectivity index (χ1v) is 5.23. The molecule has 0 bridgehead atoms. The molecule has 3 N–H and O–H groups in total. The molecule has 1 amide bonds. The Morgan fingerprint density at radius 2 is 2.36 bits per heavy atom. The first-order chi connectivity index (χ1) is 6.46. The molecule has 1 fully saturated rings. The summed E-state index contributed by atoms with van der Waals surface area (Å²) in [7, 11) is 0. The van der Waals surface area contributed by atoms with Crippen LogP contribution in [0.4, 0.5) is 0 Å². The summed E-state index contributed by atoms with van der Waals surface area (Å²) >= 11 is 0. The van der Waals surface area contributed by atoms with Crippen molar-refractivity contribution in [2.24, 2.45) is 5.73 Å². The summed E-state index contributed by atoms with van der Waals surface area (Å²) in [5.41, 5.74) is 5.00. The second-order valence-electron chi connectivity index (χ2n) is 4.40. The molecule has 0 aromatic carbocycles. The van der Waals surface area contributed by atoms with Gasteiger partial charge >= 0.3 is 0 Å². The van der Waals surface area contributed by atoms with Crippen molar-refractivity contribution in [2.75, 3.05) is 13.1 Å². The molecule has 1 aliphatic heterocycles. The van der Waals surface area contributed by atoms with Crippen LogP contribution in [0.3, 0.4) is 0 Å². The van der Waals surface area contributed by atoms with E-state index in [-0.39, 0.29) is 5.91 Å². The van der Waals surface area contributed by atoms with Gasteiger partial charge in [0.1, 0.15) is 0 Å². The van der Waals surface area contributed by atoms with E-state index in [2.05, 4.69) is 0 Å². The Bertz CT molecular complexity index is 216. The minimum absolute atomic E-state index is 0.0235. The first-order valence-electron chi connectivity index (χ1n) is 5.23. The Balaban J connectivity index is 2.47. The van der Waals surface area contributed by atoms with Gasteiger partial charge in [-0.2, -0.15) is 0 Å². The van der Waals surface area contributed by atoms with Crippen molar-refractivity contribution in [1.82, 2.24) is 4.90 Å². The van der Waals surface area contributed by atoms with E-state index in [1.165, 1.54) is 0 Å². The molecule has 2 unspecified atom stereocenters. The second-order valence-corrected chi connectivity index (χ2v) is 4.40. The largest absolute Gasteiger partial charge is 0.388 e. The smallest absolute Gasteiger partial charge is 0.239 e. The van der Waals surface area contributed by atoms with Crippen molar-refractivity contribution in [1.29, 1.82) is 0 Å². The fraction of sp³-hybridized carbons (Fsp3) is 0.900. The highest BCUT2D eigenvalue weighted by Crippen LogP contribution is 2.20. The quantitative estimate of drug-likeness (QED) is 0.679. The molecule has 1 rings (SSSR count). The molecular weight excluding hydrogens is 180 g/mol. The first kappa shape index (κ1) is 11.5. The third-order valence-corrected chi connectivity index (χ3v) is 2.68. The van der Waals surface area contributed by atoms with E-state index >= 15 is 0 Å². The maximum atomic E-state index is 11.7. The van der Waals surface area contributed by atoms with Crippen LogP contribution < -0.4 is 5.73 Å². The van der Waals surface area contributed by atoms with Gasteiger partial charge < -0.3 is 15.7 Å². The monoisotopic (exact) mass is 200 g/mol. The Hall–Kier alpha value is -0.610. The molecule has 0 spiro atoms. The number of nitrogens with zero attached hydrogens (tertiary/aromatic N) is 1. The van der Waals surface area contributed by atoms with Gasteiger partial charge in [-0.3, -0.25) is 4.79 Å². The molecule has 0 aromatic rings. The van der Waals surface area contributed by atoms with Gasteiger partial charge in [0.05, 0.1) is 11.6 Å². The van der Waals surface area contributed by atoms with Gasteiger partial charge in [0.25, 0.3) is 0 Å². The molecule has 14 heavy (non-hydrogen) atoms. The number of rotatable bonds is 3. The van der Waals surface area contributed by atoms with Gasteiger partial charge in [0.2, 0.25) is 5.91 Å². The zero-order chi connectivity index (χ0) is 10.8. The lowest BCUT2D eigenvalue weighted by molar-refractivity contribution is -0.132. The summed E-state index contributed by atoms with van der Waals surface area (Å²) in [4.78, 5) is 13.4. The summed E-state index contributed by atoms with van der Waals surface area (Å²) in [6, 6.07) is -0.395. The van der Waals surface area contributed by atoms with Gasteiger partial charge in [-0.15, -0.1) is 0 Å². The van der Waals surface area contributed by atoms with Crippen molar-refractivity contribution in [3.8, 4) is 0 Å². The third kappa shape index (κ3) is 2.69. The maximum absolute atomic E-state index is 11.7. The van der Waals surface area contributed by atoms with Crippen molar-refractivity contribution in [3.05, 3.63) is 0 Å². The van der Waals surface area contributed by atoms with Crippen molar-refractivity contribution >= 4 is 5.91 Å². The predicted octanol–water partition coefficient (Wildman–Crippen LogP) is 0.0971. The topological polar surface area (TPSA) is 66.6 Å². The van der Waals surface area contributed by atoms with Gasteiger partial charge in [0, 0.05) is 13.1 Å². The SMILES string of the molecule is CCCC(N)C(=O)N1CCC(C)(O)C1. The number of carbonyl (C=O) groups excluding carboxylic acids is 1. The third-order valence-electron chi connectivity index (χ3n) is 2.68. The van der Waals surface area contributed by atoms with E-state index in [4.69, 9.17) is 5.73 Å². The zero-order valence-corrected chi connectivity index (χ0v) is 8.99. The van der Waals surface area contributed by atoms with E-state index in [1.807, 2.05) is 6.92 Å². The molecule has 4 heteroatoms. The summed E-state index contributed by atoms with van der Waals surface area (Å²) in [6.07, 6.45) is 2.28. The van der Waals surface area contributed by atoms with Crippen LogP contribution in [0.25, 0.3) is 0 Å². The highest BCUT2D eigenvalue weighted by molar-refractivity contribution is 5.82. The average molecular weight is 200 g/mol. The maximum Gasteiger partial charge on any atom is 0.239 e. The fourth-order valence-corrected chi connectivity index (χ4v) is 1.80. The minimum atomic E-state index is -0.721. The van der Waals surface area contributed by atoms with Crippen LogP contribution in [0.1, 0.15) is 33.1 Å². The van der Waals surface area contributed by atoms with Gasteiger partial charge in [-0.05, 0) is 19.8 Å². The molecule has 0 radical (unpaired) electrons. The van der Waals surface area contributed by atoms with Gasteiger partial charge in [-0.25, -0.2) is 0 Å². The Labute approximate surface area is 85.1 Å². The molecule has 1 aliphatic rings. The average Bonchev–Trinajstić information content (AvgIpc) is 2.45. The van der Waals surface area contributed by atoms with Gasteiger partial charge in [-0.1, -0.05) is 13.3 Å². The van der Waals surface area contributed by atoms with Crippen LogP contribution in [0.5, 0.6) is 0 Å². The normalized spacial score (nSPS) is 29.3. The lowest BCUT2D eigenvalue weighted by Gasteiger charge is -2.22. The lowest BCUT2D eigenvalue weighted by Crippen LogP contribution is -2.44. The molecule has 82 valence electrons. The van der Waals surface area contributed by atoms with E-state index in [0.29, 0.717) is 19.5 Å². The number of carbonyl (C=O) groups is 1. The molecule has 0 aromatic heterocycles. The van der Waals surface area contributed by atoms with E-state index in [1.54, 1.807) is 11.8 Å². The molecular formula is C10H20N2O2. The van der Waals surface area contributed by atoms with Crippen LogP contribution in [0, 0.1) is 0 Å². The van der Waals surface area contributed by atoms with E-state index < -0.39 is 11.6 Å². The minimum Gasteiger partial charge on any atom is -0.388 e. The molecule has 4 nitrogen and oxygen atoms in total. The van der Waals surface area contributed by atoms with Gasteiger partial charge in [0.15, 0.2) is 0 Å². The number of hydrogen-bond donors (Lipinski definition) is 2. The number of amides is 1. The van der Waals surface area contributed by atoms with Crippen LogP contribution in [-0.2, 0) is 4.79 Å². The van der Waals surface area contributed by atoms with Crippen molar-refractivity contribution < 1.29 is 9.90 Å². The fourth-order valence-electron chi connectivity index (χ4n) is 1.80. The van der Waals surface area contributed by atoms with Crippen molar-refractivity contribution in [3.63, 3.8) is 0 Å². The summed E-state index contributed by atoms with van der Waals surface area (Å²) in [5, 5.41) is 9.69. The number of likely N-dealkylation sites (tertiary alicyclic amines) is 1. The zero-order valence-electron chi connectivity index (χ0n) is 8.99. The molecule has 1 saturated heterocycles. The number of aliphatic hydroxyl groups is 1. The van der Waals surface area contributed by atoms with Crippen LogP contribution in [-0.4, -0.2) is 40.6 Å². The Morgan fingerprint density at radius 3 is 2.79 bits per heavy atom. The van der Waals surface area contributed by atoms with Crippen LogP contribution in [0.2, 0.25) is 0 Å². The Kier molecular flexibility index (Phi) is 3.50. The highest BCUT2D eigenvalue weighted by atomic mass is 16.3. The lowest BCUT2D eigenvalue weighted by atomic mass is 10.1. The molecule has 0 saturated carbocycles. The second kappa shape index (κ2) is 4.28. The summed E-state index contributed by atoms with van der Waals surface area (Å²) in [6.45, 7) is 4.81. The predicted molar refractivity (Wildman–Crippen MR) is 54.7 cm³/mol. The molecule has 0 aliphatic carbocycles. The van der Waals surface area contributed by atoms with E-state index in [9.17, 15) is 9.90 Å².